The molecular formula is C2H7ClN2O. The van der Waals surface area contributed by atoms with Crippen molar-refractivity contribution in [3.05, 3.63) is 0 Å². The Morgan fingerprint density at radius 1 is 1.67 bits per heavy atom. The zero-order chi connectivity index (χ0) is 5.41. The molecule has 3 nitrogen and oxygen atoms in total. The summed E-state index contributed by atoms with van der Waals surface area (Å²) < 4.78 is 0. The van der Waals surface area contributed by atoms with Gasteiger partial charge >= 0.3 is 0 Å². The Kier molecular flexibility index (Phi) is 32.2. The van der Waals surface area contributed by atoms with Gasteiger partial charge < -0.3 is 4.79 Å². The number of rotatable bonds is 1. The van der Waals surface area contributed by atoms with Crippen molar-refractivity contribution in [3.8, 4) is 0 Å². The minimum absolute atomic E-state index is 0.111. The molecule has 0 aromatic heterocycles. The molecule has 4 heteroatoms. The van der Waals surface area contributed by atoms with Crippen molar-refractivity contribution >= 4 is 17.9 Å². The lowest BCUT2D eigenvalue weighted by Gasteiger charge is -1.49. The normalized spacial score (nSPS) is 5.17. The molecule has 0 aliphatic heterocycles. The Hall–Kier alpha value is -0.120. The number of carbonyl (C=O) groups excluding carboxylic acids is 1. The van der Waals surface area contributed by atoms with Gasteiger partial charge in [0.15, 0.2) is 0 Å². The number of hydrogen-bond acceptors (Lipinski definition) is 3. The first-order chi connectivity index (χ1) is 2.91. The standard InChI is InChI=1S/C2H3ClO.H4N2/c3-1-2-4;1-2/h2H,1H2;1-2H2. The molecule has 0 radical (unpaired) electrons. The van der Waals surface area contributed by atoms with Crippen LogP contribution >= 0.6 is 11.6 Å². The average Bonchev–Trinajstić information content (AvgIpc) is 1.72. The van der Waals surface area contributed by atoms with Gasteiger partial charge in [0.05, 0.1) is 5.88 Å². The van der Waals surface area contributed by atoms with Gasteiger partial charge in [-0.1, -0.05) is 0 Å². The third-order valence-corrected chi connectivity index (χ3v) is 0.189. The van der Waals surface area contributed by atoms with Crippen LogP contribution in [-0.2, 0) is 4.79 Å². The molecule has 0 heterocycles. The highest BCUT2D eigenvalue weighted by atomic mass is 35.5. The van der Waals surface area contributed by atoms with E-state index >= 15 is 0 Å². The molecular weight excluding hydrogens is 103 g/mol. The first-order valence-corrected chi connectivity index (χ1v) is 1.78. The first-order valence-electron chi connectivity index (χ1n) is 1.24. The van der Waals surface area contributed by atoms with Crippen molar-refractivity contribution in [2.45, 2.75) is 0 Å². The maximum atomic E-state index is 9.04. The van der Waals surface area contributed by atoms with Crippen LogP contribution in [0.25, 0.3) is 0 Å². The number of aldehydes is 1. The zero-order valence-corrected chi connectivity index (χ0v) is 3.98. The van der Waals surface area contributed by atoms with Crippen LogP contribution in [0.2, 0.25) is 0 Å². The predicted octanol–water partition coefficient (Wildman–Crippen LogP) is -0.757. The number of alkyl halides is 1. The number of hydrazine groups is 1. The Labute approximate surface area is 41.2 Å². The van der Waals surface area contributed by atoms with E-state index in [0.717, 1.165) is 0 Å². The Balaban J connectivity index is 0. The molecule has 0 atom stereocenters. The van der Waals surface area contributed by atoms with E-state index < -0.39 is 0 Å². The second kappa shape index (κ2) is 20.8. The molecule has 4 N–H and O–H groups in total. The van der Waals surface area contributed by atoms with E-state index in [0.29, 0.717) is 6.29 Å². The molecule has 0 aromatic rings. The van der Waals surface area contributed by atoms with Crippen molar-refractivity contribution in [2.75, 3.05) is 5.88 Å². The van der Waals surface area contributed by atoms with Crippen molar-refractivity contribution in [2.24, 2.45) is 11.7 Å². The second-order valence-electron chi connectivity index (χ2n) is 0.321. The molecule has 0 amide bonds. The highest BCUT2D eigenvalue weighted by Gasteiger charge is 1.55. The topological polar surface area (TPSA) is 69.1 Å². The van der Waals surface area contributed by atoms with Crippen LogP contribution in [0.15, 0.2) is 0 Å². The van der Waals surface area contributed by atoms with E-state index in [1.54, 1.807) is 0 Å². The largest absolute Gasteiger partial charge is 0.302 e. The SMILES string of the molecule is NN.O=CCCl. The summed E-state index contributed by atoms with van der Waals surface area (Å²) in [5.41, 5.74) is 0. The van der Waals surface area contributed by atoms with Gasteiger partial charge in [0.2, 0.25) is 0 Å². The minimum Gasteiger partial charge on any atom is -0.302 e. The van der Waals surface area contributed by atoms with E-state index in [2.05, 4.69) is 11.7 Å². The first kappa shape index (κ1) is 9.30. The summed E-state index contributed by atoms with van der Waals surface area (Å²) in [7, 11) is 0. The van der Waals surface area contributed by atoms with Gasteiger partial charge in [-0.2, -0.15) is 0 Å². The third-order valence-electron chi connectivity index (χ3n) is 0.0630. The Morgan fingerprint density at radius 2 is 1.83 bits per heavy atom. The number of hydrogen-bond donors (Lipinski definition) is 2. The van der Waals surface area contributed by atoms with Gasteiger partial charge in [-0.05, 0) is 0 Å². The molecule has 0 bridgehead atoms. The van der Waals surface area contributed by atoms with E-state index in [1.807, 2.05) is 0 Å². The van der Waals surface area contributed by atoms with Crippen molar-refractivity contribution in [1.29, 1.82) is 0 Å². The summed E-state index contributed by atoms with van der Waals surface area (Å²) >= 11 is 4.82. The summed E-state index contributed by atoms with van der Waals surface area (Å²) in [5.74, 6) is 8.11. The quantitative estimate of drug-likeness (QED) is 0.202. The molecule has 38 valence electrons. The highest BCUT2D eigenvalue weighted by molar-refractivity contribution is 6.24. The monoisotopic (exact) mass is 110 g/mol. The molecule has 0 saturated carbocycles. The lowest BCUT2D eigenvalue weighted by atomic mass is 10.9. The van der Waals surface area contributed by atoms with E-state index in [1.165, 1.54) is 0 Å². The van der Waals surface area contributed by atoms with Crippen LogP contribution < -0.4 is 11.7 Å². The Bertz CT molecular complexity index is 25.5. The van der Waals surface area contributed by atoms with Gasteiger partial charge in [-0.3, -0.25) is 11.7 Å². The summed E-state index contributed by atoms with van der Waals surface area (Å²) in [6.07, 6.45) is 0.640. The summed E-state index contributed by atoms with van der Waals surface area (Å²) in [4.78, 5) is 9.04. The van der Waals surface area contributed by atoms with Crippen LogP contribution in [0.4, 0.5) is 0 Å². The van der Waals surface area contributed by atoms with Gasteiger partial charge in [-0.15, -0.1) is 11.6 Å². The molecule has 0 saturated heterocycles. The summed E-state index contributed by atoms with van der Waals surface area (Å²) in [5, 5.41) is 0. The van der Waals surface area contributed by atoms with Crippen molar-refractivity contribution in [3.63, 3.8) is 0 Å². The maximum absolute atomic E-state index is 9.04. The Morgan fingerprint density at radius 3 is 1.83 bits per heavy atom. The lowest BCUT2D eigenvalue weighted by molar-refractivity contribution is -0.105. The minimum atomic E-state index is 0.111. The molecule has 0 rings (SSSR count). The van der Waals surface area contributed by atoms with Gasteiger partial charge in [0.25, 0.3) is 0 Å². The summed E-state index contributed by atoms with van der Waals surface area (Å²) in [6, 6.07) is 0. The number of nitrogens with two attached hydrogens (primary N) is 2. The zero-order valence-electron chi connectivity index (χ0n) is 3.23. The lowest BCUT2D eigenvalue weighted by Crippen LogP contribution is -2.02. The fraction of sp³-hybridized carbons (Fsp3) is 0.500. The molecule has 6 heavy (non-hydrogen) atoms. The van der Waals surface area contributed by atoms with E-state index in [9.17, 15) is 0 Å². The van der Waals surface area contributed by atoms with Crippen LogP contribution in [0.5, 0.6) is 0 Å². The molecule has 0 unspecified atom stereocenters. The van der Waals surface area contributed by atoms with Gasteiger partial charge in [-0.25, -0.2) is 0 Å². The third kappa shape index (κ3) is 41.6. The number of carbonyl (C=O) groups is 1. The van der Waals surface area contributed by atoms with Crippen molar-refractivity contribution < 1.29 is 4.79 Å². The summed E-state index contributed by atoms with van der Waals surface area (Å²) in [6.45, 7) is 0. The van der Waals surface area contributed by atoms with Crippen molar-refractivity contribution in [1.82, 2.24) is 0 Å². The molecule has 0 aliphatic rings. The van der Waals surface area contributed by atoms with Crippen LogP contribution in [-0.4, -0.2) is 12.2 Å². The second-order valence-corrected chi connectivity index (χ2v) is 0.630. The fourth-order valence-corrected chi connectivity index (χ4v) is 0. The van der Waals surface area contributed by atoms with Crippen LogP contribution in [0.3, 0.4) is 0 Å². The predicted molar refractivity (Wildman–Crippen MR) is 25.2 cm³/mol. The van der Waals surface area contributed by atoms with Gasteiger partial charge in [0, 0.05) is 0 Å². The molecule has 0 aromatic carbocycles. The van der Waals surface area contributed by atoms with E-state index in [-0.39, 0.29) is 5.88 Å². The molecule has 0 spiro atoms. The van der Waals surface area contributed by atoms with Crippen LogP contribution in [0.1, 0.15) is 0 Å². The average molecular weight is 111 g/mol. The molecule has 0 fully saturated rings. The maximum Gasteiger partial charge on any atom is 0.134 e. The molecule has 0 aliphatic carbocycles. The smallest absolute Gasteiger partial charge is 0.134 e. The van der Waals surface area contributed by atoms with E-state index in [4.69, 9.17) is 16.4 Å². The number of halogens is 1. The van der Waals surface area contributed by atoms with Gasteiger partial charge in [0.1, 0.15) is 6.29 Å². The van der Waals surface area contributed by atoms with Crippen LogP contribution in [0, 0.1) is 0 Å². The fourth-order valence-electron chi connectivity index (χ4n) is 0. The highest BCUT2D eigenvalue weighted by Crippen LogP contribution is 1.57.